The van der Waals surface area contributed by atoms with Crippen molar-refractivity contribution in [2.45, 2.75) is 25.4 Å². The van der Waals surface area contributed by atoms with Crippen LogP contribution < -0.4 is 10.1 Å². The highest BCUT2D eigenvalue weighted by Crippen LogP contribution is 2.32. The minimum absolute atomic E-state index is 0.0126. The first kappa shape index (κ1) is 18.6. The van der Waals surface area contributed by atoms with Gasteiger partial charge < -0.3 is 15.0 Å². The SMILES string of the molecule is C[C@@H]1CC(NC#N)CN1C(=O)c1cc(-c2ccccc2Oc2ccccc2)n[nH]1. The molecule has 2 N–H and O–H groups in total. The molecule has 1 aromatic heterocycles. The first-order valence-corrected chi connectivity index (χ1v) is 9.49. The first-order valence-electron chi connectivity index (χ1n) is 9.49. The number of hydrogen-bond donors (Lipinski definition) is 2. The minimum atomic E-state index is -0.125. The van der Waals surface area contributed by atoms with Crippen LogP contribution in [0, 0.1) is 11.5 Å². The number of H-pyrrole nitrogens is 1. The van der Waals surface area contributed by atoms with Gasteiger partial charge in [0.15, 0.2) is 6.19 Å². The number of benzene rings is 2. The molecule has 1 aliphatic heterocycles. The van der Waals surface area contributed by atoms with Gasteiger partial charge in [0.05, 0.1) is 11.7 Å². The van der Waals surface area contributed by atoms with Gasteiger partial charge in [0, 0.05) is 18.2 Å². The quantitative estimate of drug-likeness (QED) is 0.516. The van der Waals surface area contributed by atoms with Crippen LogP contribution in [0.4, 0.5) is 0 Å². The Morgan fingerprint density at radius 2 is 2.00 bits per heavy atom. The van der Waals surface area contributed by atoms with Crippen molar-refractivity contribution in [3.8, 4) is 28.9 Å². The van der Waals surface area contributed by atoms with Crippen molar-refractivity contribution in [3.05, 3.63) is 66.4 Å². The van der Waals surface area contributed by atoms with E-state index in [4.69, 9.17) is 10.00 Å². The molecule has 4 rings (SSSR count). The van der Waals surface area contributed by atoms with Crippen molar-refractivity contribution in [3.63, 3.8) is 0 Å². The highest BCUT2D eigenvalue weighted by Gasteiger charge is 2.33. The van der Waals surface area contributed by atoms with Crippen molar-refractivity contribution in [1.29, 1.82) is 5.26 Å². The lowest BCUT2D eigenvalue weighted by Crippen LogP contribution is -2.36. The fraction of sp³-hybridized carbons (Fsp3) is 0.227. The molecule has 3 aromatic rings. The number of nitrogens with zero attached hydrogens (tertiary/aromatic N) is 3. The predicted molar refractivity (Wildman–Crippen MR) is 108 cm³/mol. The van der Waals surface area contributed by atoms with E-state index in [2.05, 4.69) is 15.5 Å². The first-order chi connectivity index (χ1) is 14.2. The Labute approximate surface area is 168 Å². The van der Waals surface area contributed by atoms with Crippen LogP contribution in [-0.4, -0.2) is 39.6 Å². The van der Waals surface area contributed by atoms with Gasteiger partial charge in [0.2, 0.25) is 0 Å². The number of nitriles is 1. The van der Waals surface area contributed by atoms with Crippen molar-refractivity contribution in [1.82, 2.24) is 20.4 Å². The molecule has 29 heavy (non-hydrogen) atoms. The van der Waals surface area contributed by atoms with Crippen LogP contribution in [0.15, 0.2) is 60.7 Å². The van der Waals surface area contributed by atoms with E-state index >= 15 is 0 Å². The molecule has 1 aliphatic rings. The summed E-state index contributed by atoms with van der Waals surface area (Å²) in [5.41, 5.74) is 1.85. The summed E-state index contributed by atoms with van der Waals surface area (Å²) in [6.45, 7) is 2.48. The summed E-state index contributed by atoms with van der Waals surface area (Å²) >= 11 is 0. The molecule has 1 amide bonds. The zero-order valence-corrected chi connectivity index (χ0v) is 16.0. The van der Waals surface area contributed by atoms with Gasteiger partial charge >= 0.3 is 0 Å². The molecule has 0 bridgehead atoms. The van der Waals surface area contributed by atoms with E-state index in [0.29, 0.717) is 23.7 Å². The summed E-state index contributed by atoms with van der Waals surface area (Å²) in [4.78, 5) is 14.7. The molecule has 1 fully saturated rings. The molecular weight excluding hydrogens is 366 g/mol. The van der Waals surface area contributed by atoms with E-state index in [0.717, 1.165) is 17.7 Å². The predicted octanol–water partition coefficient (Wildman–Crippen LogP) is 3.54. The summed E-state index contributed by atoms with van der Waals surface area (Å²) in [7, 11) is 0. The number of likely N-dealkylation sites (tertiary alicyclic amines) is 1. The number of aromatic nitrogens is 2. The third-order valence-corrected chi connectivity index (χ3v) is 5.05. The third kappa shape index (κ3) is 3.92. The molecule has 7 nitrogen and oxygen atoms in total. The number of para-hydroxylation sites is 2. The Kier molecular flexibility index (Phi) is 5.16. The number of nitrogens with one attached hydrogen (secondary N) is 2. The molecule has 0 aliphatic carbocycles. The van der Waals surface area contributed by atoms with Gasteiger partial charge in [0.1, 0.15) is 17.2 Å². The Morgan fingerprint density at radius 3 is 2.79 bits per heavy atom. The molecule has 1 saturated heterocycles. The van der Waals surface area contributed by atoms with Crippen LogP contribution in [0.5, 0.6) is 11.5 Å². The van der Waals surface area contributed by atoms with Crippen LogP contribution >= 0.6 is 0 Å². The molecule has 2 aromatic carbocycles. The highest BCUT2D eigenvalue weighted by molar-refractivity contribution is 5.94. The van der Waals surface area contributed by atoms with E-state index in [9.17, 15) is 4.79 Å². The maximum atomic E-state index is 12.9. The van der Waals surface area contributed by atoms with E-state index in [-0.39, 0.29) is 18.0 Å². The summed E-state index contributed by atoms with van der Waals surface area (Å²) in [6, 6.07) is 18.9. The normalized spacial score (nSPS) is 18.3. The molecule has 2 atom stereocenters. The Bertz CT molecular complexity index is 1040. The largest absolute Gasteiger partial charge is 0.457 e. The highest BCUT2D eigenvalue weighted by atomic mass is 16.5. The zero-order chi connectivity index (χ0) is 20.2. The average Bonchev–Trinajstić information content (AvgIpc) is 3.36. The topological polar surface area (TPSA) is 94.0 Å². The third-order valence-electron chi connectivity index (χ3n) is 5.05. The van der Waals surface area contributed by atoms with Crippen LogP contribution in [0.25, 0.3) is 11.3 Å². The standard InChI is InChI=1S/C22H21N5O2/c1-15-11-16(24-14-23)13-27(15)22(28)20-12-19(25-26-20)18-9-5-6-10-21(18)29-17-7-3-2-4-8-17/h2-10,12,15-16,24H,11,13H2,1H3,(H,25,26)/t15-,16?/m1/s1. The van der Waals surface area contributed by atoms with E-state index in [1.165, 1.54) is 0 Å². The number of ether oxygens (including phenoxy) is 1. The number of aromatic amines is 1. The fourth-order valence-corrected chi connectivity index (χ4v) is 3.62. The Balaban J connectivity index is 1.56. The number of rotatable bonds is 5. The van der Waals surface area contributed by atoms with Gasteiger partial charge in [-0.3, -0.25) is 9.89 Å². The number of carbonyl (C=O) groups is 1. The number of carbonyl (C=O) groups excluding carboxylic acids is 1. The van der Waals surface area contributed by atoms with Crippen LogP contribution in [0.2, 0.25) is 0 Å². The van der Waals surface area contributed by atoms with Crippen molar-refractivity contribution in [2.75, 3.05) is 6.54 Å². The lowest BCUT2D eigenvalue weighted by molar-refractivity contribution is 0.0739. The minimum Gasteiger partial charge on any atom is -0.457 e. The molecule has 0 spiro atoms. The van der Waals surface area contributed by atoms with Gasteiger partial charge in [-0.25, -0.2) is 0 Å². The van der Waals surface area contributed by atoms with E-state index < -0.39 is 0 Å². The summed E-state index contributed by atoms with van der Waals surface area (Å²) in [6.07, 6.45) is 2.70. The second-order valence-electron chi connectivity index (χ2n) is 7.07. The number of hydrogen-bond acceptors (Lipinski definition) is 5. The monoisotopic (exact) mass is 387 g/mol. The van der Waals surface area contributed by atoms with Gasteiger partial charge in [-0.1, -0.05) is 30.3 Å². The van der Waals surface area contributed by atoms with E-state index in [1.807, 2.05) is 67.7 Å². The average molecular weight is 387 g/mol. The maximum absolute atomic E-state index is 12.9. The smallest absolute Gasteiger partial charge is 0.272 e. The van der Waals surface area contributed by atoms with Gasteiger partial charge in [-0.15, -0.1) is 0 Å². The summed E-state index contributed by atoms with van der Waals surface area (Å²) < 4.78 is 6.00. The molecule has 1 unspecified atom stereocenters. The molecule has 146 valence electrons. The summed E-state index contributed by atoms with van der Waals surface area (Å²) in [5.74, 6) is 1.27. The Hall–Kier alpha value is -3.79. The molecule has 0 saturated carbocycles. The fourth-order valence-electron chi connectivity index (χ4n) is 3.62. The van der Waals surface area contributed by atoms with E-state index in [1.54, 1.807) is 11.0 Å². The second kappa shape index (κ2) is 8.07. The second-order valence-corrected chi connectivity index (χ2v) is 7.07. The molecular formula is C22H21N5O2. The van der Waals surface area contributed by atoms with Crippen LogP contribution in [0.3, 0.4) is 0 Å². The van der Waals surface area contributed by atoms with Gasteiger partial charge in [0.25, 0.3) is 5.91 Å². The van der Waals surface area contributed by atoms with Gasteiger partial charge in [-0.05, 0) is 43.7 Å². The summed E-state index contributed by atoms with van der Waals surface area (Å²) in [5, 5.41) is 18.8. The molecule has 7 heteroatoms. The molecule has 0 radical (unpaired) electrons. The van der Waals surface area contributed by atoms with Gasteiger partial charge in [-0.2, -0.15) is 10.4 Å². The van der Waals surface area contributed by atoms with Crippen LogP contribution in [-0.2, 0) is 0 Å². The number of amides is 1. The lowest BCUT2D eigenvalue weighted by atomic mass is 10.1. The van der Waals surface area contributed by atoms with Crippen molar-refractivity contribution in [2.24, 2.45) is 0 Å². The maximum Gasteiger partial charge on any atom is 0.272 e. The zero-order valence-electron chi connectivity index (χ0n) is 16.0. The van der Waals surface area contributed by atoms with Crippen molar-refractivity contribution >= 4 is 5.91 Å². The lowest BCUT2D eigenvalue weighted by Gasteiger charge is -2.20. The molecule has 2 heterocycles. The van der Waals surface area contributed by atoms with Crippen molar-refractivity contribution < 1.29 is 9.53 Å². The Morgan fingerprint density at radius 1 is 1.24 bits per heavy atom. The van der Waals surface area contributed by atoms with Crippen LogP contribution in [0.1, 0.15) is 23.8 Å².